The van der Waals surface area contributed by atoms with E-state index in [1.807, 2.05) is 25.4 Å². The van der Waals surface area contributed by atoms with Gasteiger partial charge in [0, 0.05) is 31.2 Å². The molecule has 2 aromatic rings. The van der Waals surface area contributed by atoms with E-state index in [1.54, 1.807) is 11.3 Å². The van der Waals surface area contributed by atoms with E-state index in [-0.39, 0.29) is 0 Å². The molecule has 0 saturated heterocycles. The van der Waals surface area contributed by atoms with Crippen molar-refractivity contribution in [2.24, 2.45) is 4.99 Å². The van der Waals surface area contributed by atoms with E-state index >= 15 is 0 Å². The summed E-state index contributed by atoms with van der Waals surface area (Å²) in [5.74, 6) is 2.50. The topological polar surface area (TPSA) is 59.0 Å². The zero-order chi connectivity index (χ0) is 17.6. The summed E-state index contributed by atoms with van der Waals surface area (Å²) in [6, 6.07) is 6.08. The van der Waals surface area contributed by atoms with Crippen LogP contribution in [0.5, 0.6) is 11.5 Å². The maximum absolute atomic E-state index is 5.67. The molecule has 1 N–H and O–H groups in total. The second kappa shape index (κ2) is 8.20. The molecule has 134 valence electrons. The quantitative estimate of drug-likeness (QED) is 0.656. The fourth-order valence-electron chi connectivity index (χ4n) is 2.62. The first-order valence-corrected chi connectivity index (χ1v) is 9.26. The van der Waals surface area contributed by atoms with Gasteiger partial charge < -0.3 is 19.7 Å². The third-order valence-corrected chi connectivity index (χ3v) is 4.65. The van der Waals surface area contributed by atoms with Gasteiger partial charge in [-0.3, -0.25) is 0 Å². The minimum Gasteiger partial charge on any atom is -0.486 e. The zero-order valence-corrected chi connectivity index (χ0v) is 15.7. The number of hydrogen-bond acceptors (Lipinski definition) is 5. The van der Waals surface area contributed by atoms with Crippen molar-refractivity contribution in [1.29, 1.82) is 0 Å². The largest absolute Gasteiger partial charge is 0.486 e. The number of aromatic nitrogens is 1. The highest BCUT2D eigenvalue weighted by molar-refractivity contribution is 7.11. The molecule has 25 heavy (non-hydrogen) atoms. The third-order valence-electron chi connectivity index (χ3n) is 3.76. The number of nitrogens with zero attached hydrogens (tertiary/aromatic N) is 3. The summed E-state index contributed by atoms with van der Waals surface area (Å²) in [4.78, 5) is 12.4. The standard InChI is InChI=1S/C18H24N4O2S/c1-4-19-18(21-11-17-20-10-13(2)25-17)22(3)12-14-5-6-15-16(9-14)24-8-7-23-15/h5-6,9-10H,4,7-8,11-12H2,1-3H3,(H,19,21). The molecule has 0 atom stereocenters. The molecule has 0 amide bonds. The summed E-state index contributed by atoms with van der Waals surface area (Å²) in [7, 11) is 2.03. The van der Waals surface area contributed by atoms with Gasteiger partial charge in [-0.15, -0.1) is 11.3 Å². The first-order valence-electron chi connectivity index (χ1n) is 8.45. The molecule has 1 aromatic heterocycles. The Morgan fingerprint density at radius 2 is 2.12 bits per heavy atom. The Morgan fingerprint density at radius 1 is 1.32 bits per heavy atom. The number of guanidine groups is 1. The van der Waals surface area contributed by atoms with Gasteiger partial charge in [0.1, 0.15) is 18.2 Å². The van der Waals surface area contributed by atoms with Crippen LogP contribution in [0.4, 0.5) is 0 Å². The van der Waals surface area contributed by atoms with Crippen molar-refractivity contribution in [2.45, 2.75) is 26.9 Å². The Bertz CT molecular complexity index is 744. The van der Waals surface area contributed by atoms with Crippen LogP contribution >= 0.6 is 11.3 Å². The lowest BCUT2D eigenvalue weighted by Gasteiger charge is -2.23. The molecule has 0 unspecified atom stereocenters. The first-order chi connectivity index (χ1) is 12.2. The second-order valence-electron chi connectivity index (χ2n) is 5.87. The third kappa shape index (κ3) is 4.63. The molecule has 1 aliphatic rings. The smallest absolute Gasteiger partial charge is 0.194 e. The van der Waals surface area contributed by atoms with Gasteiger partial charge in [0.05, 0.1) is 6.54 Å². The molecular weight excluding hydrogens is 336 g/mol. The van der Waals surface area contributed by atoms with Gasteiger partial charge in [-0.25, -0.2) is 9.98 Å². The minimum absolute atomic E-state index is 0.590. The summed E-state index contributed by atoms with van der Waals surface area (Å²) in [6.07, 6.45) is 1.89. The maximum Gasteiger partial charge on any atom is 0.194 e. The van der Waals surface area contributed by atoms with E-state index in [9.17, 15) is 0 Å². The maximum atomic E-state index is 5.67. The van der Waals surface area contributed by atoms with E-state index in [4.69, 9.17) is 14.5 Å². The van der Waals surface area contributed by atoms with Gasteiger partial charge in [-0.2, -0.15) is 0 Å². The van der Waals surface area contributed by atoms with Crippen molar-refractivity contribution in [3.63, 3.8) is 0 Å². The number of aryl methyl sites for hydroxylation is 1. The Kier molecular flexibility index (Phi) is 5.75. The monoisotopic (exact) mass is 360 g/mol. The highest BCUT2D eigenvalue weighted by atomic mass is 32.1. The molecule has 1 aliphatic heterocycles. The number of aliphatic imine (C=N–C) groups is 1. The molecule has 1 aromatic carbocycles. The fourth-order valence-corrected chi connectivity index (χ4v) is 3.33. The number of fused-ring (bicyclic) bond motifs is 1. The van der Waals surface area contributed by atoms with Crippen LogP contribution in [-0.4, -0.2) is 42.6 Å². The highest BCUT2D eigenvalue weighted by Gasteiger charge is 2.13. The van der Waals surface area contributed by atoms with Crippen LogP contribution in [0.2, 0.25) is 0 Å². The van der Waals surface area contributed by atoms with E-state index in [0.29, 0.717) is 19.8 Å². The van der Waals surface area contributed by atoms with Gasteiger partial charge in [0.15, 0.2) is 17.5 Å². The van der Waals surface area contributed by atoms with Crippen molar-refractivity contribution >= 4 is 17.3 Å². The average Bonchev–Trinajstić information content (AvgIpc) is 3.03. The van der Waals surface area contributed by atoms with Crippen LogP contribution < -0.4 is 14.8 Å². The van der Waals surface area contributed by atoms with Crippen molar-refractivity contribution in [1.82, 2.24) is 15.2 Å². The van der Waals surface area contributed by atoms with Crippen molar-refractivity contribution in [2.75, 3.05) is 26.8 Å². The number of rotatable bonds is 5. The minimum atomic E-state index is 0.590. The Labute approximate surface area is 152 Å². The van der Waals surface area contributed by atoms with Gasteiger partial charge >= 0.3 is 0 Å². The molecular formula is C18H24N4O2S. The van der Waals surface area contributed by atoms with E-state index < -0.39 is 0 Å². The Morgan fingerprint density at radius 3 is 2.84 bits per heavy atom. The lowest BCUT2D eigenvalue weighted by atomic mass is 10.2. The summed E-state index contributed by atoms with van der Waals surface area (Å²) in [6.45, 7) is 7.49. The highest BCUT2D eigenvalue weighted by Crippen LogP contribution is 2.31. The van der Waals surface area contributed by atoms with Crippen LogP contribution in [0.1, 0.15) is 22.4 Å². The van der Waals surface area contributed by atoms with Crippen LogP contribution in [0.15, 0.2) is 29.4 Å². The van der Waals surface area contributed by atoms with E-state index in [0.717, 1.165) is 41.1 Å². The molecule has 0 aliphatic carbocycles. The fraction of sp³-hybridized carbons (Fsp3) is 0.444. The van der Waals surface area contributed by atoms with Gasteiger partial charge in [-0.1, -0.05) is 6.07 Å². The molecule has 3 rings (SSSR count). The normalized spacial score (nSPS) is 13.6. The Hall–Kier alpha value is -2.28. The number of nitrogens with one attached hydrogen (secondary N) is 1. The van der Waals surface area contributed by atoms with Crippen molar-refractivity contribution in [3.05, 3.63) is 39.8 Å². The number of thiazole rings is 1. The van der Waals surface area contributed by atoms with Gasteiger partial charge in [-0.05, 0) is 31.5 Å². The average molecular weight is 360 g/mol. The number of ether oxygens (including phenoxy) is 2. The molecule has 0 bridgehead atoms. The lowest BCUT2D eigenvalue weighted by molar-refractivity contribution is 0.171. The summed E-state index contributed by atoms with van der Waals surface area (Å²) in [5, 5.41) is 4.37. The molecule has 0 fully saturated rings. The van der Waals surface area contributed by atoms with Gasteiger partial charge in [0.2, 0.25) is 0 Å². The molecule has 0 spiro atoms. The first kappa shape index (κ1) is 17.5. The van der Waals surface area contributed by atoms with E-state index in [1.165, 1.54) is 4.88 Å². The van der Waals surface area contributed by atoms with E-state index in [2.05, 4.69) is 35.1 Å². The summed E-state index contributed by atoms with van der Waals surface area (Å²) >= 11 is 1.68. The van der Waals surface area contributed by atoms with Gasteiger partial charge in [0.25, 0.3) is 0 Å². The summed E-state index contributed by atoms with van der Waals surface area (Å²) in [5.41, 5.74) is 1.16. The van der Waals surface area contributed by atoms with Crippen molar-refractivity contribution < 1.29 is 9.47 Å². The van der Waals surface area contributed by atoms with Crippen LogP contribution in [0, 0.1) is 6.92 Å². The lowest BCUT2D eigenvalue weighted by Crippen LogP contribution is -2.38. The SMILES string of the molecule is CCNC(=NCc1ncc(C)s1)N(C)Cc1ccc2c(c1)OCCO2. The number of benzene rings is 1. The predicted molar refractivity (Wildman–Crippen MR) is 101 cm³/mol. The Balaban J connectivity index is 1.68. The molecule has 7 heteroatoms. The molecule has 0 saturated carbocycles. The zero-order valence-electron chi connectivity index (χ0n) is 14.9. The predicted octanol–water partition coefficient (Wildman–Crippen LogP) is 2.82. The van der Waals surface area contributed by atoms with Crippen LogP contribution in [-0.2, 0) is 13.1 Å². The molecule has 2 heterocycles. The van der Waals surface area contributed by atoms with Crippen LogP contribution in [0.25, 0.3) is 0 Å². The number of hydrogen-bond donors (Lipinski definition) is 1. The second-order valence-corrected chi connectivity index (χ2v) is 7.19. The van der Waals surface area contributed by atoms with Crippen molar-refractivity contribution in [3.8, 4) is 11.5 Å². The van der Waals surface area contributed by atoms with Crippen LogP contribution in [0.3, 0.4) is 0 Å². The summed E-state index contributed by atoms with van der Waals surface area (Å²) < 4.78 is 11.2. The molecule has 6 nitrogen and oxygen atoms in total. The molecule has 0 radical (unpaired) electrons.